The molecular formula is C28H26N8O4. The van der Waals surface area contributed by atoms with Crippen molar-refractivity contribution in [2.24, 2.45) is 0 Å². The second-order valence-corrected chi connectivity index (χ2v) is 9.23. The average molecular weight is 539 g/mol. The molecule has 0 unspecified atom stereocenters. The highest BCUT2D eigenvalue weighted by atomic mass is 16.6. The van der Waals surface area contributed by atoms with E-state index in [0.717, 1.165) is 30.4 Å². The number of nitrogens with one attached hydrogen (secondary N) is 3. The van der Waals surface area contributed by atoms with E-state index in [1.807, 2.05) is 24.3 Å². The minimum Gasteiger partial charge on any atom is -0.307 e. The molecule has 1 heterocycles. The maximum Gasteiger partial charge on any atom is 0.326 e. The molecule has 40 heavy (non-hydrogen) atoms. The van der Waals surface area contributed by atoms with Crippen molar-refractivity contribution in [3.05, 3.63) is 106 Å². The van der Waals surface area contributed by atoms with E-state index in [-0.39, 0.29) is 18.2 Å². The van der Waals surface area contributed by atoms with Crippen molar-refractivity contribution in [3.63, 3.8) is 0 Å². The van der Waals surface area contributed by atoms with Gasteiger partial charge in [0.1, 0.15) is 0 Å². The highest BCUT2D eigenvalue weighted by molar-refractivity contribution is 6.03. The Morgan fingerprint density at radius 1 is 1.00 bits per heavy atom. The van der Waals surface area contributed by atoms with E-state index in [0.29, 0.717) is 16.9 Å². The summed E-state index contributed by atoms with van der Waals surface area (Å²) in [4.78, 5) is 38.2. The molecule has 202 valence electrons. The molecule has 12 heteroatoms. The molecule has 0 saturated heterocycles. The first-order valence-corrected chi connectivity index (χ1v) is 12.7. The SMILES string of the molecule is O=C(Nc1nn[nH]n1)c1ccc(CN(C(=O)Nc2cccc([N+](=O)[O-])c2)c2ccc(C3=CCCCC3)cc2)cc1. The number of urea groups is 1. The summed E-state index contributed by atoms with van der Waals surface area (Å²) in [5, 5.41) is 29.6. The molecule has 1 aliphatic carbocycles. The number of hydrogen-bond acceptors (Lipinski definition) is 7. The van der Waals surface area contributed by atoms with Gasteiger partial charge < -0.3 is 5.32 Å². The number of hydrogen-bond donors (Lipinski definition) is 3. The maximum atomic E-state index is 13.5. The number of tetrazole rings is 1. The van der Waals surface area contributed by atoms with Gasteiger partial charge in [-0.25, -0.2) is 4.79 Å². The monoisotopic (exact) mass is 538 g/mol. The number of carbonyl (C=O) groups is 2. The number of aromatic amines is 1. The van der Waals surface area contributed by atoms with Crippen LogP contribution in [0.25, 0.3) is 5.57 Å². The number of carbonyl (C=O) groups excluding carboxylic acids is 2. The van der Waals surface area contributed by atoms with Crippen LogP contribution in [0.15, 0.2) is 78.9 Å². The summed E-state index contributed by atoms with van der Waals surface area (Å²) in [7, 11) is 0. The van der Waals surface area contributed by atoms with Crippen molar-refractivity contribution < 1.29 is 14.5 Å². The van der Waals surface area contributed by atoms with Crippen LogP contribution in [0.1, 0.15) is 47.2 Å². The first-order valence-electron chi connectivity index (χ1n) is 12.7. The van der Waals surface area contributed by atoms with Crippen LogP contribution in [0, 0.1) is 10.1 Å². The molecule has 0 radical (unpaired) electrons. The maximum absolute atomic E-state index is 13.5. The molecule has 0 spiro atoms. The summed E-state index contributed by atoms with van der Waals surface area (Å²) >= 11 is 0. The van der Waals surface area contributed by atoms with E-state index in [2.05, 4.69) is 37.3 Å². The number of benzene rings is 3. The molecule has 3 aromatic carbocycles. The Balaban J connectivity index is 1.37. The fourth-order valence-electron chi connectivity index (χ4n) is 4.46. The van der Waals surface area contributed by atoms with E-state index in [9.17, 15) is 19.7 Å². The van der Waals surface area contributed by atoms with Gasteiger partial charge in [0, 0.05) is 29.1 Å². The minimum absolute atomic E-state index is 0.0607. The summed E-state index contributed by atoms with van der Waals surface area (Å²) in [6.45, 7) is 0.190. The number of H-pyrrole nitrogens is 1. The van der Waals surface area contributed by atoms with Gasteiger partial charge in [-0.2, -0.15) is 5.21 Å². The Kier molecular flexibility index (Phi) is 7.86. The molecule has 0 atom stereocenters. The van der Waals surface area contributed by atoms with Crippen LogP contribution in [0.3, 0.4) is 0 Å². The summed E-state index contributed by atoms with van der Waals surface area (Å²) in [5.74, 6) is -0.341. The average Bonchev–Trinajstić information content (AvgIpc) is 3.50. The number of rotatable bonds is 8. The number of nitro groups is 1. The summed E-state index contributed by atoms with van der Waals surface area (Å²) in [6, 6.07) is 19.9. The lowest BCUT2D eigenvalue weighted by Crippen LogP contribution is -2.34. The van der Waals surface area contributed by atoms with Crippen LogP contribution < -0.4 is 15.5 Å². The normalized spacial score (nSPS) is 12.8. The van der Waals surface area contributed by atoms with Gasteiger partial charge >= 0.3 is 6.03 Å². The van der Waals surface area contributed by atoms with Gasteiger partial charge in [-0.1, -0.05) is 41.5 Å². The van der Waals surface area contributed by atoms with Crippen molar-refractivity contribution in [1.82, 2.24) is 20.6 Å². The van der Waals surface area contributed by atoms with Crippen LogP contribution in [0.4, 0.5) is 27.8 Å². The Hall–Kier alpha value is -5.39. The summed E-state index contributed by atoms with van der Waals surface area (Å²) < 4.78 is 0. The molecule has 12 nitrogen and oxygen atoms in total. The third-order valence-electron chi connectivity index (χ3n) is 6.52. The molecule has 4 aromatic rings. The number of anilines is 3. The summed E-state index contributed by atoms with van der Waals surface area (Å²) in [5.41, 5.74) is 4.42. The van der Waals surface area contributed by atoms with Gasteiger partial charge in [0.2, 0.25) is 0 Å². The van der Waals surface area contributed by atoms with Gasteiger partial charge in [-0.3, -0.25) is 25.1 Å². The Labute approximate surface area is 229 Å². The zero-order valence-electron chi connectivity index (χ0n) is 21.4. The fourth-order valence-corrected chi connectivity index (χ4v) is 4.46. The first kappa shape index (κ1) is 26.2. The molecule has 1 aliphatic rings. The Bertz CT molecular complexity index is 1530. The zero-order valence-corrected chi connectivity index (χ0v) is 21.4. The van der Waals surface area contributed by atoms with Crippen LogP contribution in [0.2, 0.25) is 0 Å². The topological polar surface area (TPSA) is 159 Å². The van der Waals surface area contributed by atoms with E-state index in [1.54, 1.807) is 35.2 Å². The van der Waals surface area contributed by atoms with Gasteiger partial charge in [0.05, 0.1) is 11.5 Å². The number of nitrogens with zero attached hydrogens (tertiary/aromatic N) is 5. The second-order valence-electron chi connectivity index (χ2n) is 9.23. The fraction of sp³-hybridized carbons (Fsp3) is 0.179. The van der Waals surface area contributed by atoms with Crippen LogP contribution in [-0.2, 0) is 6.54 Å². The molecule has 3 N–H and O–H groups in total. The third kappa shape index (κ3) is 6.35. The van der Waals surface area contributed by atoms with Crippen molar-refractivity contribution in [3.8, 4) is 0 Å². The van der Waals surface area contributed by atoms with Crippen LogP contribution in [-0.4, -0.2) is 37.5 Å². The number of non-ortho nitro benzene ring substituents is 1. The van der Waals surface area contributed by atoms with E-state index >= 15 is 0 Å². The Morgan fingerprint density at radius 2 is 1.80 bits per heavy atom. The predicted octanol–water partition coefficient (Wildman–Crippen LogP) is 5.56. The van der Waals surface area contributed by atoms with E-state index in [4.69, 9.17) is 0 Å². The van der Waals surface area contributed by atoms with Crippen LogP contribution in [0.5, 0.6) is 0 Å². The second kappa shape index (κ2) is 12.0. The molecule has 0 bridgehead atoms. The lowest BCUT2D eigenvalue weighted by molar-refractivity contribution is -0.384. The van der Waals surface area contributed by atoms with Crippen molar-refractivity contribution in [2.45, 2.75) is 32.2 Å². The predicted molar refractivity (Wildman–Crippen MR) is 150 cm³/mol. The van der Waals surface area contributed by atoms with Gasteiger partial charge in [0.15, 0.2) is 0 Å². The number of aromatic nitrogens is 4. The molecule has 3 amide bonds. The number of allylic oxidation sites excluding steroid dienone is 2. The van der Waals surface area contributed by atoms with Crippen molar-refractivity contribution in [2.75, 3.05) is 15.5 Å². The largest absolute Gasteiger partial charge is 0.326 e. The highest BCUT2D eigenvalue weighted by Crippen LogP contribution is 2.29. The lowest BCUT2D eigenvalue weighted by atomic mass is 9.93. The number of nitro benzene ring substituents is 1. The molecule has 0 fully saturated rings. The minimum atomic E-state index is -0.511. The lowest BCUT2D eigenvalue weighted by Gasteiger charge is -2.24. The number of amides is 3. The highest BCUT2D eigenvalue weighted by Gasteiger charge is 2.19. The molecule has 0 saturated carbocycles. The molecule has 5 rings (SSSR count). The molecule has 1 aromatic heterocycles. The third-order valence-corrected chi connectivity index (χ3v) is 6.52. The molecule has 0 aliphatic heterocycles. The zero-order chi connectivity index (χ0) is 27.9. The first-order chi connectivity index (χ1) is 19.5. The van der Waals surface area contributed by atoms with E-state index < -0.39 is 16.9 Å². The van der Waals surface area contributed by atoms with Gasteiger partial charge in [0.25, 0.3) is 17.5 Å². The molecular weight excluding hydrogens is 512 g/mol. The van der Waals surface area contributed by atoms with E-state index in [1.165, 1.54) is 30.2 Å². The quantitative estimate of drug-likeness (QED) is 0.196. The van der Waals surface area contributed by atoms with Crippen molar-refractivity contribution in [1.29, 1.82) is 0 Å². The summed E-state index contributed by atoms with van der Waals surface area (Å²) in [6.07, 6.45) is 6.72. The van der Waals surface area contributed by atoms with Gasteiger partial charge in [-0.05, 0) is 77.9 Å². The van der Waals surface area contributed by atoms with Gasteiger partial charge in [-0.15, -0.1) is 5.10 Å². The van der Waals surface area contributed by atoms with Crippen molar-refractivity contribution >= 4 is 40.5 Å². The Morgan fingerprint density at radius 3 is 2.48 bits per heavy atom. The standard InChI is InChI=1S/C28H26N8O4/c37-26(30-27-31-33-34-32-27)22-11-9-19(10-12-22)18-35(28(38)29-23-7-4-8-25(17-23)36(39)40)24-15-13-21(14-16-24)20-5-2-1-3-6-20/h4-5,7-17H,1-3,6,18H2,(H,29,38)(H2,30,31,32,33,34,37). The van der Waals surface area contributed by atoms with Crippen LogP contribution >= 0.6 is 0 Å². The smallest absolute Gasteiger partial charge is 0.307 e.